The summed E-state index contributed by atoms with van der Waals surface area (Å²) in [5.74, 6) is -1.59. The minimum Gasteiger partial charge on any atom is -0.484 e. The molecule has 1 amide bonds. The average Bonchev–Trinajstić information content (AvgIpc) is 3.53. The van der Waals surface area contributed by atoms with Crippen LogP contribution >= 0.6 is 0 Å². The first kappa shape index (κ1) is 29.1. The Kier molecular flexibility index (Phi) is 7.01. The first-order chi connectivity index (χ1) is 20.8. The number of fused-ring (bicyclic) bond motifs is 2. The minimum absolute atomic E-state index is 0.0224. The van der Waals surface area contributed by atoms with Crippen molar-refractivity contribution in [3.05, 3.63) is 94.6 Å². The third-order valence-electron chi connectivity index (χ3n) is 7.45. The molecule has 1 unspecified atom stereocenters. The number of carbonyl (C=O) groups excluding carboxylic acids is 1. The maximum Gasteiger partial charge on any atom is 0.435 e. The van der Waals surface area contributed by atoms with Gasteiger partial charge in [0.05, 0.1) is 40.9 Å². The molecular weight excluding hydrogens is 591 g/mol. The van der Waals surface area contributed by atoms with Crippen molar-refractivity contribution in [2.45, 2.75) is 44.1 Å². The zero-order chi connectivity index (χ0) is 31.4. The summed E-state index contributed by atoms with van der Waals surface area (Å²) < 4.78 is 81.5. The Morgan fingerprint density at radius 3 is 2.57 bits per heavy atom. The van der Waals surface area contributed by atoms with E-state index in [1.807, 2.05) is 0 Å². The zero-order valence-corrected chi connectivity index (χ0v) is 22.9. The molecule has 0 saturated heterocycles. The molecule has 44 heavy (non-hydrogen) atoms. The van der Waals surface area contributed by atoms with Crippen LogP contribution < -0.4 is 14.4 Å². The van der Waals surface area contributed by atoms with Crippen molar-refractivity contribution in [2.75, 3.05) is 11.9 Å². The van der Waals surface area contributed by atoms with E-state index in [4.69, 9.17) is 9.84 Å². The molecule has 2 aromatic heterocycles. The molecule has 1 aliphatic heterocycles. The summed E-state index contributed by atoms with van der Waals surface area (Å²) in [6.45, 7) is 0. The van der Waals surface area contributed by atoms with Gasteiger partial charge < -0.3 is 19.5 Å². The van der Waals surface area contributed by atoms with Crippen molar-refractivity contribution in [3.63, 3.8) is 0 Å². The number of carbonyl (C=O) groups is 2. The Hall–Kier alpha value is -5.01. The number of carboxylic acids is 1. The highest BCUT2D eigenvalue weighted by Gasteiger charge is 2.43. The molecule has 4 aromatic rings. The molecule has 0 fully saturated rings. The lowest BCUT2D eigenvalue weighted by Gasteiger charge is -2.26. The number of nitrogens with zero attached hydrogens (tertiary/aromatic N) is 4. The van der Waals surface area contributed by atoms with Gasteiger partial charge in [-0.15, -0.1) is 0 Å². The number of carboxylic acid groups (broad SMARTS) is 1. The minimum atomic E-state index is -4.76. The van der Waals surface area contributed by atoms with Crippen LogP contribution in [0.1, 0.15) is 62.3 Å². The van der Waals surface area contributed by atoms with Crippen LogP contribution in [0.2, 0.25) is 0 Å². The second-order valence-electron chi connectivity index (χ2n) is 10.4. The lowest BCUT2D eigenvalue weighted by molar-refractivity contribution is -0.159. The summed E-state index contributed by atoms with van der Waals surface area (Å²) in [6, 6.07) is 12.6. The highest BCUT2D eigenvalue weighted by atomic mass is 19.4. The van der Waals surface area contributed by atoms with Gasteiger partial charge in [-0.2, -0.15) is 27.1 Å². The molecule has 0 bridgehead atoms. The Balaban J connectivity index is 1.34. The predicted molar refractivity (Wildman–Crippen MR) is 145 cm³/mol. The number of aromatic nitrogens is 3. The number of alkyl halides is 5. The summed E-state index contributed by atoms with van der Waals surface area (Å²) in [5, 5.41) is 13.1. The van der Waals surface area contributed by atoms with Crippen LogP contribution in [0.4, 0.5) is 27.6 Å². The number of rotatable bonds is 6. The van der Waals surface area contributed by atoms with E-state index < -0.39 is 42.4 Å². The molecule has 228 valence electrons. The number of aromatic carboxylic acids is 1. The quantitative estimate of drug-likeness (QED) is 0.256. The lowest BCUT2D eigenvalue weighted by Crippen LogP contribution is -2.26. The van der Waals surface area contributed by atoms with E-state index in [-0.39, 0.29) is 57.4 Å². The third-order valence-corrected chi connectivity index (χ3v) is 7.45. The number of pyridine rings is 1. The standard InChI is InChI=1S/C30H23F5N4O5/c1-38(19-13-24-22(36-15-19)14-29(31,32)44-24)27(40)17-4-2-5-18(12-17)39-25-21(26(37-39)30(33,34)35)6-3-7-23(25)43-20-10-8-16(9-11-20)28(41)42/h2,4-5,8-13,15,23H,3,6-7,14H2,1H3,(H,41,42). The van der Waals surface area contributed by atoms with Crippen molar-refractivity contribution in [3.8, 4) is 17.2 Å². The summed E-state index contributed by atoms with van der Waals surface area (Å²) in [4.78, 5) is 29.8. The van der Waals surface area contributed by atoms with E-state index in [1.165, 1.54) is 72.7 Å². The molecule has 2 aliphatic rings. The van der Waals surface area contributed by atoms with E-state index in [0.29, 0.717) is 12.8 Å². The van der Waals surface area contributed by atoms with E-state index >= 15 is 0 Å². The van der Waals surface area contributed by atoms with Gasteiger partial charge in [0.2, 0.25) is 0 Å². The highest BCUT2D eigenvalue weighted by molar-refractivity contribution is 6.06. The first-order valence-electron chi connectivity index (χ1n) is 13.4. The Morgan fingerprint density at radius 1 is 1.11 bits per heavy atom. The van der Waals surface area contributed by atoms with Crippen molar-refractivity contribution in [2.24, 2.45) is 0 Å². The Bertz CT molecular complexity index is 1770. The molecule has 3 heterocycles. The second-order valence-corrected chi connectivity index (χ2v) is 10.4. The van der Waals surface area contributed by atoms with Gasteiger partial charge in [0.25, 0.3) is 5.91 Å². The predicted octanol–water partition coefficient (Wildman–Crippen LogP) is 6.25. The van der Waals surface area contributed by atoms with Crippen LogP contribution in [0.3, 0.4) is 0 Å². The van der Waals surface area contributed by atoms with Crippen molar-refractivity contribution >= 4 is 17.6 Å². The normalized spacial score (nSPS) is 16.9. The number of ether oxygens (including phenoxy) is 2. The molecule has 0 radical (unpaired) electrons. The number of hydrogen-bond donors (Lipinski definition) is 1. The van der Waals surface area contributed by atoms with Crippen LogP contribution in [0.15, 0.2) is 60.8 Å². The van der Waals surface area contributed by atoms with Gasteiger partial charge in [-0.25, -0.2) is 9.48 Å². The molecule has 1 atom stereocenters. The molecule has 9 nitrogen and oxygen atoms in total. The number of amides is 1. The largest absolute Gasteiger partial charge is 0.484 e. The van der Waals surface area contributed by atoms with Crippen LogP contribution in [-0.4, -0.2) is 44.9 Å². The van der Waals surface area contributed by atoms with Gasteiger partial charge in [0.1, 0.15) is 17.6 Å². The van der Waals surface area contributed by atoms with E-state index in [0.717, 1.165) is 4.68 Å². The van der Waals surface area contributed by atoms with Gasteiger partial charge in [-0.1, -0.05) is 6.07 Å². The Labute approximate surface area is 246 Å². The number of halogens is 5. The highest BCUT2D eigenvalue weighted by Crippen LogP contribution is 2.42. The molecule has 1 N–H and O–H groups in total. The maximum atomic E-state index is 14.1. The summed E-state index contributed by atoms with van der Waals surface area (Å²) in [6.07, 6.45) is -7.56. The van der Waals surface area contributed by atoms with Crippen molar-refractivity contribution < 1.29 is 46.1 Å². The van der Waals surface area contributed by atoms with Crippen LogP contribution in [0.5, 0.6) is 11.5 Å². The van der Waals surface area contributed by atoms with Gasteiger partial charge >= 0.3 is 18.3 Å². The van der Waals surface area contributed by atoms with Crippen LogP contribution in [0.25, 0.3) is 5.69 Å². The summed E-state index contributed by atoms with van der Waals surface area (Å²) >= 11 is 0. The fraction of sp³-hybridized carbons (Fsp3) is 0.267. The third kappa shape index (κ3) is 5.42. The first-order valence-corrected chi connectivity index (χ1v) is 13.4. The molecule has 6 rings (SSSR count). The molecule has 2 aromatic carbocycles. The monoisotopic (exact) mass is 614 g/mol. The molecule has 14 heteroatoms. The van der Waals surface area contributed by atoms with Crippen LogP contribution in [-0.2, 0) is 19.0 Å². The lowest BCUT2D eigenvalue weighted by atomic mass is 9.92. The van der Waals surface area contributed by atoms with Gasteiger partial charge in [0.15, 0.2) is 5.69 Å². The number of anilines is 1. The fourth-order valence-corrected chi connectivity index (χ4v) is 5.36. The number of hydrogen-bond acceptors (Lipinski definition) is 6. The molecule has 1 aliphatic carbocycles. The summed E-state index contributed by atoms with van der Waals surface area (Å²) in [5.41, 5.74) is -0.392. The second kappa shape index (κ2) is 10.6. The maximum absolute atomic E-state index is 14.1. The smallest absolute Gasteiger partial charge is 0.435 e. The van der Waals surface area contributed by atoms with E-state index in [9.17, 15) is 31.5 Å². The number of benzene rings is 2. The molecule has 0 saturated carbocycles. The fourth-order valence-electron chi connectivity index (χ4n) is 5.36. The van der Waals surface area contributed by atoms with Gasteiger partial charge in [0, 0.05) is 24.2 Å². The summed E-state index contributed by atoms with van der Waals surface area (Å²) in [7, 11) is 1.41. The van der Waals surface area contributed by atoms with Crippen molar-refractivity contribution in [1.29, 1.82) is 0 Å². The van der Waals surface area contributed by atoms with Crippen molar-refractivity contribution in [1.82, 2.24) is 14.8 Å². The zero-order valence-electron chi connectivity index (χ0n) is 22.9. The van der Waals surface area contributed by atoms with Gasteiger partial charge in [-0.05, 0) is 61.7 Å². The molecule has 0 spiro atoms. The average molecular weight is 615 g/mol. The van der Waals surface area contributed by atoms with Gasteiger partial charge in [-0.3, -0.25) is 9.78 Å². The van der Waals surface area contributed by atoms with Crippen LogP contribution in [0, 0.1) is 0 Å². The Morgan fingerprint density at radius 2 is 1.86 bits per heavy atom. The molecular formula is C30H23F5N4O5. The van der Waals surface area contributed by atoms with E-state index in [2.05, 4.69) is 14.8 Å². The SMILES string of the molecule is CN(C(=O)c1cccc(-n2nc(C(F)(F)F)c3c2C(Oc2ccc(C(=O)O)cc2)CCC3)c1)c1cnc2c(c1)OC(F)(F)C2. The topological polar surface area (TPSA) is 107 Å². The van der Waals surface area contributed by atoms with E-state index in [1.54, 1.807) is 0 Å².